The lowest BCUT2D eigenvalue weighted by atomic mass is 9.97. The molecule has 0 spiro atoms. The average molecular weight is 380 g/mol. The van der Waals surface area contributed by atoms with Crippen molar-refractivity contribution in [3.05, 3.63) is 34.3 Å². The predicted molar refractivity (Wildman–Crippen MR) is 85.3 cm³/mol. The molecule has 0 aromatic heterocycles. The van der Waals surface area contributed by atoms with E-state index in [1.165, 1.54) is 0 Å². The van der Waals surface area contributed by atoms with E-state index in [2.05, 4.69) is 48.7 Å². The molecule has 0 aliphatic rings. The maximum absolute atomic E-state index is 11.8. The van der Waals surface area contributed by atoms with Crippen molar-refractivity contribution in [2.24, 2.45) is 5.41 Å². The lowest BCUT2D eigenvalue weighted by molar-refractivity contribution is -0.120. The van der Waals surface area contributed by atoms with Gasteiger partial charge in [0.2, 0.25) is 5.91 Å². The summed E-state index contributed by atoms with van der Waals surface area (Å²) in [5, 5.41) is 3.68. The molecule has 0 saturated heterocycles. The monoisotopic (exact) mass is 379 g/mol. The first-order valence-corrected chi connectivity index (χ1v) is 7.82. The van der Waals surface area contributed by atoms with Crippen LogP contribution >= 0.6 is 34.2 Å². The van der Waals surface area contributed by atoms with Crippen LogP contribution in [0.2, 0.25) is 5.02 Å². The number of hydrogen-bond acceptors (Lipinski definition) is 1. The second-order valence-electron chi connectivity index (χ2n) is 5.57. The number of nitrogens with one attached hydrogen (secondary N) is 1. The van der Waals surface area contributed by atoms with E-state index in [0.29, 0.717) is 13.0 Å². The van der Waals surface area contributed by atoms with Crippen LogP contribution in [0.5, 0.6) is 0 Å². The maximum Gasteiger partial charge on any atom is 0.224 e. The number of rotatable bonds is 4. The minimum atomic E-state index is 0.0446. The van der Waals surface area contributed by atoms with Crippen LogP contribution in [0.15, 0.2) is 18.2 Å². The molecule has 0 atom stereocenters. The fourth-order valence-corrected chi connectivity index (χ4v) is 2.58. The molecular weight excluding hydrogens is 361 g/mol. The van der Waals surface area contributed by atoms with Crippen molar-refractivity contribution in [3.8, 4) is 0 Å². The molecule has 1 aromatic rings. The molecule has 18 heavy (non-hydrogen) atoms. The first-order chi connectivity index (χ1) is 8.31. The van der Waals surface area contributed by atoms with Crippen LogP contribution < -0.4 is 5.32 Å². The third-order valence-corrected chi connectivity index (χ3v) is 3.62. The molecule has 0 fully saturated rings. The predicted octanol–water partition coefficient (Wildman–Crippen LogP) is 3.98. The van der Waals surface area contributed by atoms with Gasteiger partial charge in [0.1, 0.15) is 0 Å². The fourth-order valence-electron chi connectivity index (χ4n) is 1.42. The molecule has 1 N–H and O–H groups in total. The molecule has 100 valence electrons. The smallest absolute Gasteiger partial charge is 0.224 e. The van der Waals surface area contributed by atoms with Crippen molar-refractivity contribution in [1.82, 2.24) is 5.32 Å². The van der Waals surface area contributed by atoms with Crippen LogP contribution in [0, 0.1) is 5.41 Å². The van der Waals surface area contributed by atoms with Gasteiger partial charge in [0.15, 0.2) is 0 Å². The summed E-state index contributed by atoms with van der Waals surface area (Å²) in [6, 6.07) is 5.84. The second-order valence-corrected chi connectivity index (χ2v) is 6.74. The molecule has 0 bridgehead atoms. The van der Waals surface area contributed by atoms with Gasteiger partial charge in [-0.05, 0) is 22.6 Å². The lowest BCUT2D eigenvalue weighted by Crippen LogP contribution is -2.33. The topological polar surface area (TPSA) is 29.1 Å². The molecule has 1 aromatic carbocycles. The van der Waals surface area contributed by atoms with Crippen LogP contribution in [0.4, 0.5) is 0 Å². The highest BCUT2D eigenvalue weighted by atomic mass is 127. The Morgan fingerprint density at radius 3 is 2.56 bits per heavy atom. The zero-order valence-corrected chi connectivity index (χ0v) is 13.9. The van der Waals surface area contributed by atoms with E-state index in [-0.39, 0.29) is 11.3 Å². The Labute approximate surface area is 128 Å². The Bertz CT molecular complexity index is 426. The van der Waals surface area contributed by atoms with Crippen LogP contribution in [0.25, 0.3) is 0 Å². The molecule has 0 unspecified atom stereocenters. The zero-order valence-electron chi connectivity index (χ0n) is 11.0. The summed E-state index contributed by atoms with van der Waals surface area (Å²) in [5.41, 5.74) is 2.18. The number of carbonyl (C=O) groups is 1. The Balaban J connectivity index is 2.57. The van der Waals surface area contributed by atoms with Gasteiger partial charge < -0.3 is 5.32 Å². The first-order valence-electron chi connectivity index (χ1n) is 5.92. The van der Waals surface area contributed by atoms with Gasteiger partial charge in [-0.15, -0.1) is 0 Å². The van der Waals surface area contributed by atoms with E-state index in [9.17, 15) is 4.79 Å². The molecule has 1 rings (SSSR count). The zero-order chi connectivity index (χ0) is 13.8. The SMILES string of the molecule is CC(C)(C)CNC(=O)Cc1ccc(CI)c(Cl)c1. The molecule has 1 amide bonds. The van der Waals surface area contributed by atoms with Gasteiger partial charge in [0.25, 0.3) is 0 Å². The molecule has 2 nitrogen and oxygen atoms in total. The summed E-state index contributed by atoms with van der Waals surface area (Å²) < 4.78 is 0.882. The summed E-state index contributed by atoms with van der Waals surface area (Å²) in [7, 11) is 0. The highest BCUT2D eigenvalue weighted by molar-refractivity contribution is 14.1. The van der Waals surface area contributed by atoms with E-state index in [1.54, 1.807) is 0 Å². The Morgan fingerprint density at radius 2 is 2.06 bits per heavy atom. The standard InChI is InChI=1S/C14H19ClINO/c1-14(2,3)9-17-13(18)7-10-4-5-11(8-16)12(15)6-10/h4-6H,7-9H2,1-3H3,(H,17,18). The third kappa shape index (κ3) is 5.57. The van der Waals surface area contributed by atoms with Crippen molar-refractivity contribution in [2.45, 2.75) is 31.6 Å². The van der Waals surface area contributed by atoms with Gasteiger partial charge in [-0.1, -0.05) is 67.1 Å². The van der Waals surface area contributed by atoms with Crippen molar-refractivity contribution in [2.75, 3.05) is 6.54 Å². The maximum atomic E-state index is 11.8. The van der Waals surface area contributed by atoms with Gasteiger partial charge in [0, 0.05) is 16.0 Å². The van der Waals surface area contributed by atoms with Gasteiger partial charge in [-0.25, -0.2) is 0 Å². The Hall–Kier alpha value is -0.290. The normalized spacial score (nSPS) is 11.4. The average Bonchev–Trinajstić information content (AvgIpc) is 2.26. The molecule has 0 aliphatic carbocycles. The highest BCUT2D eigenvalue weighted by Gasteiger charge is 2.12. The molecular formula is C14H19ClINO. The van der Waals surface area contributed by atoms with Gasteiger partial charge in [-0.2, -0.15) is 0 Å². The first kappa shape index (κ1) is 15.8. The summed E-state index contributed by atoms with van der Waals surface area (Å²) in [4.78, 5) is 11.8. The third-order valence-electron chi connectivity index (χ3n) is 2.44. The highest BCUT2D eigenvalue weighted by Crippen LogP contribution is 2.20. The number of amides is 1. The number of hydrogen-bond donors (Lipinski definition) is 1. The summed E-state index contributed by atoms with van der Waals surface area (Å²) in [5.74, 6) is 0.0446. The van der Waals surface area contributed by atoms with Gasteiger partial charge >= 0.3 is 0 Å². The van der Waals surface area contributed by atoms with Crippen molar-refractivity contribution >= 4 is 40.1 Å². The van der Waals surface area contributed by atoms with Crippen LogP contribution in [0.3, 0.4) is 0 Å². The quantitative estimate of drug-likeness (QED) is 0.622. The van der Waals surface area contributed by atoms with Gasteiger partial charge in [-0.3, -0.25) is 4.79 Å². The van der Waals surface area contributed by atoms with Crippen molar-refractivity contribution in [1.29, 1.82) is 0 Å². The van der Waals surface area contributed by atoms with E-state index in [4.69, 9.17) is 11.6 Å². The lowest BCUT2D eigenvalue weighted by Gasteiger charge is -2.18. The Morgan fingerprint density at radius 1 is 1.39 bits per heavy atom. The number of carbonyl (C=O) groups excluding carboxylic acids is 1. The second kappa shape index (κ2) is 6.75. The minimum absolute atomic E-state index is 0.0446. The largest absolute Gasteiger partial charge is 0.355 e. The van der Waals surface area contributed by atoms with Crippen LogP contribution in [-0.2, 0) is 15.6 Å². The van der Waals surface area contributed by atoms with Crippen LogP contribution in [-0.4, -0.2) is 12.5 Å². The molecule has 0 aliphatic heterocycles. The summed E-state index contributed by atoms with van der Waals surface area (Å²) >= 11 is 8.40. The number of alkyl halides is 1. The van der Waals surface area contributed by atoms with Crippen LogP contribution in [0.1, 0.15) is 31.9 Å². The van der Waals surface area contributed by atoms with Gasteiger partial charge in [0.05, 0.1) is 6.42 Å². The molecule has 0 radical (unpaired) electrons. The minimum Gasteiger partial charge on any atom is -0.355 e. The van der Waals surface area contributed by atoms with E-state index in [0.717, 1.165) is 20.6 Å². The molecule has 4 heteroatoms. The van der Waals surface area contributed by atoms with Crippen molar-refractivity contribution < 1.29 is 4.79 Å². The number of benzene rings is 1. The Kier molecular flexibility index (Phi) is 5.92. The molecule has 0 heterocycles. The summed E-state index contributed by atoms with van der Waals surface area (Å²) in [6.07, 6.45) is 0.386. The van der Waals surface area contributed by atoms with E-state index in [1.807, 2.05) is 18.2 Å². The summed E-state index contributed by atoms with van der Waals surface area (Å²) in [6.45, 7) is 6.98. The number of halogens is 2. The molecule has 0 saturated carbocycles. The fraction of sp³-hybridized carbons (Fsp3) is 0.500. The van der Waals surface area contributed by atoms with E-state index >= 15 is 0 Å². The van der Waals surface area contributed by atoms with E-state index < -0.39 is 0 Å². The van der Waals surface area contributed by atoms with Crippen molar-refractivity contribution in [3.63, 3.8) is 0 Å².